The lowest BCUT2D eigenvalue weighted by atomic mass is 9.94. The van der Waals surface area contributed by atoms with Crippen LogP contribution in [0.2, 0.25) is 0 Å². The van der Waals surface area contributed by atoms with Crippen molar-refractivity contribution in [1.82, 2.24) is 0 Å². The van der Waals surface area contributed by atoms with Gasteiger partial charge in [0, 0.05) is 11.1 Å². The van der Waals surface area contributed by atoms with Gasteiger partial charge in [0.1, 0.15) is 0 Å². The first-order valence-corrected chi connectivity index (χ1v) is 4.87. The van der Waals surface area contributed by atoms with Crippen LogP contribution in [0.5, 0.6) is 0 Å². The molecule has 0 unspecified atom stereocenters. The molecule has 84 valence electrons. The molecule has 0 saturated heterocycles. The van der Waals surface area contributed by atoms with Crippen LogP contribution < -0.4 is 0 Å². The van der Waals surface area contributed by atoms with Gasteiger partial charge in [-0.2, -0.15) is 5.26 Å². The molecule has 0 aliphatic rings. The predicted molar refractivity (Wildman–Crippen MR) is 55.5 cm³/mol. The second-order valence-corrected chi connectivity index (χ2v) is 3.38. The number of benzene rings is 1. The molecule has 0 aliphatic heterocycles. The maximum absolute atomic E-state index is 12.8. The molecule has 4 heteroatoms. The molecule has 1 aromatic rings. The van der Waals surface area contributed by atoms with Gasteiger partial charge in [-0.1, -0.05) is 19.1 Å². The van der Waals surface area contributed by atoms with E-state index in [4.69, 9.17) is 5.26 Å². The summed E-state index contributed by atoms with van der Waals surface area (Å²) in [6.45, 7) is 2.99. The maximum atomic E-state index is 12.8. The number of aryl methyl sites for hydroxylation is 1. The lowest BCUT2D eigenvalue weighted by molar-refractivity contribution is 0.0998. The third kappa shape index (κ3) is 2.08. The van der Waals surface area contributed by atoms with E-state index in [1.807, 2.05) is 0 Å². The van der Waals surface area contributed by atoms with Crippen molar-refractivity contribution < 1.29 is 13.6 Å². The summed E-state index contributed by atoms with van der Waals surface area (Å²) in [6, 6.07) is 4.68. The standard InChI is InChI=1S/C12H11F2NO/c1-3-8-4-5-9(7(2)16)11(12(13)14)10(8)6-15/h4-5,12H,3H2,1-2H3. The molecule has 0 bridgehead atoms. The van der Waals surface area contributed by atoms with E-state index in [1.54, 1.807) is 19.1 Å². The third-order valence-corrected chi connectivity index (χ3v) is 2.42. The number of rotatable bonds is 3. The molecule has 0 atom stereocenters. The highest BCUT2D eigenvalue weighted by Crippen LogP contribution is 2.29. The zero-order valence-corrected chi connectivity index (χ0v) is 9.05. The van der Waals surface area contributed by atoms with Gasteiger partial charge in [0.2, 0.25) is 0 Å². The van der Waals surface area contributed by atoms with E-state index in [2.05, 4.69) is 0 Å². The fraction of sp³-hybridized carbons (Fsp3) is 0.333. The third-order valence-electron chi connectivity index (χ3n) is 2.42. The molecule has 1 rings (SSSR count). The molecule has 0 amide bonds. The molecule has 2 nitrogen and oxygen atoms in total. The van der Waals surface area contributed by atoms with E-state index < -0.39 is 17.8 Å². The molecule has 16 heavy (non-hydrogen) atoms. The Kier molecular flexibility index (Phi) is 3.73. The summed E-state index contributed by atoms with van der Waals surface area (Å²) in [5.41, 5.74) is -0.0221. The highest BCUT2D eigenvalue weighted by molar-refractivity contribution is 5.96. The number of hydrogen-bond donors (Lipinski definition) is 0. The van der Waals surface area contributed by atoms with E-state index in [-0.39, 0.29) is 11.1 Å². The average Bonchev–Trinajstić information content (AvgIpc) is 2.26. The molecule has 0 aliphatic carbocycles. The summed E-state index contributed by atoms with van der Waals surface area (Å²) in [7, 11) is 0. The SMILES string of the molecule is CCc1ccc(C(C)=O)c(C(F)F)c1C#N. The first-order chi connectivity index (χ1) is 7.52. The van der Waals surface area contributed by atoms with Gasteiger partial charge in [-0.25, -0.2) is 8.78 Å². The summed E-state index contributed by atoms with van der Waals surface area (Å²) >= 11 is 0. The summed E-state index contributed by atoms with van der Waals surface area (Å²) in [4.78, 5) is 11.2. The Balaban J connectivity index is 3.58. The number of hydrogen-bond acceptors (Lipinski definition) is 2. The van der Waals surface area contributed by atoms with Crippen LogP contribution in [0.1, 0.15) is 47.3 Å². The molecule has 1 aromatic carbocycles. The molecule has 0 fully saturated rings. The summed E-state index contributed by atoms with van der Waals surface area (Å²) in [6.07, 6.45) is -2.32. The number of nitrogens with zero attached hydrogens (tertiary/aromatic N) is 1. The van der Waals surface area contributed by atoms with Gasteiger partial charge in [-0.05, 0) is 18.9 Å². The number of alkyl halides is 2. The van der Waals surface area contributed by atoms with Crippen molar-refractivity contribution >= 4 is 5.78 Å². The number of halogens is 2. The first-order valence-electron chi connectivity index (χ1n) is 4.87. The zero-order chi connectivity index (χ0) is 12.3. The first kappa shape index (κ1) is 12.3. The van der Waals surface area contributed by atoms with Crippen LogP contribution in [0.25, 0.3) is 0 Å². The Morgan fingerprint density at radius 1 is 1.50 bits per heavy atom. The number of carbonyl (C=O) groups excluding carboxylic acids is 1. The molecule has 0 heterocycles. The quantitative estimate of drug-likeness (QED) is 0.738. The van der Waals surface area contributed by atoms with Crippen LogP contribution in [-0.4, -0.2) is 5.78 Å². The largest absolute Gasteiger partial charge is 0.294 e. The summed E-state index contributed by atoms with van der Waals surface area (Å²) in [5, 5.41) is 8.89. The van der Waals surface area contributed by atoms with Crippen molar-refractivity contribution in [2.75, 3.05) is 0 Å². The Labute approximate surface area is 92.5 Å². The van der Waals surface area contributed by atoms with Crippen LogP contribution in [-0.2, 0) is 6.42 Å². The Hall–Kier alpha value is -1.76. The molecule has 0 aromatic heterocycles. The van der Waals surface area contributed by atoms with Crippen molar-refractivity contribution in [1.29, 1.82) is 5.26 Å². The average molecular weight is 223 g/mol. The highest BCUT2D eigenvalue weighted by Gasteiger charge is 2.22. The van der Waals surface area contributed by atoms with Gasteiger partial charge in [-0.3, -0.25) is 4.79 Å². The second-order valence-electron chi connectivity index (χ2n) is 3.38. The van der Waals surface area contributed by atoms with Gasteiger partial charge in [0.15, 0.2) is 5.78 Å². The number of ketones is 1. The lowest BCUT2D eigenvalue weighted by Gasteiger charge is -2.11. The maximum Gasteiger partial charge on any atom is 0.265 e. The van der Waals surface area contributed by atoms with E-state index in [9.17, 15) is 13.6 Å². The van der Waals surface area contributed by atoms with Crippen LogP contribution >= 0.6 is 0 Å². The van der Waals surface area contributed by atoms with Gasteiger partial charge in [-0.15, -0.1) is 0 Å². The Bertz CT molecular complexity index is 461. The lowest BCUT2D eigenvalue weighted by Crippen LogP contribution is -2.05. The van der Waals surface area contributed by atoms with Crippen LogP contribution in [0, 0.1) is 11.3 Å². The molecule has 0 saturated carbocycles. The molecular weight excluding hydrogens is 212 g/mol. The van der Waals surface area contributed by atoms with E-state index in [1.165, 1.54) is 13.0 Å². The van der Waals surface area contributed by atoms with E-state index in [0.717, 1.165) is 0 Å². The Morgan fingerprint density at radius 3 is 2.50 bits per heavy atom. The van der Waals surface area contributed by atoms with Crippen molar-refractivity contribution in [3.8, 4) is 6.07 Å². The van der Waals surface area contributed by atoms with Crippen molar-refractivity contribution in [3.05, 3.63) is 34.4 Å². The Morgan fingerprint density at radius 2 is 2.12 bits per heavy atom. The molecule has 0 N–H and O–H groups in total. The van der Waals surface area contributed by atoms with Crippen LogP contribution in [0.15, 0.2) is 12.1 Å². The van der Waals surface area contributed by atoms with Crippen molar-refractivity contribution in [2.24, 2.45) is 0 Å². The van der Waals surface area contributed by atoms with Crippen molar-refractivity contribution in [2.45, 2.75) is 26.7 Å². The number of nitriles is 1. The van der Waals surface area contributed by atoms with Crippen molar-refractivity contribution in [3.63, 3.8) is 0 Å². The van der Waals surface area contributed by atoms with Crippen LogP contribution in [0.4, 0.5) is 8.78 Å². The molecule has 0 radical (unpaired) electrons. The fourth-order valence-corrected chi connectivity index (χ4v) is 1.62. The predicted octanol–water partition coefficient (Wildman–Crippen LogP) is 3.26. The topological polar surface area (TPSA) is 40.9 Å². The minimum absolute atomic E-state index is 0.0646. The number of Topliss-reactive ketones (excluding diaryl/α,β-unsaturated/α-hetero) is 1. The minimum Gasteiger partial charge on any atom is -0.294 e. The summed E-state index contributed by atoms with van der Waals surface area (Å²) in [5.74, 6) is -0.450. The molecular formula is C12H11F2NO. The van der Waals surface area contributed by atoms with Crippen LogP contribution in [0.3, 0.4) is 0 Å². The van der Waals surface area contributed by atoms with E-state index in [0.29, 0.717) is 12.0 Å². The smallest absolute Gasteiger partial charge is 0.265 e. The highest BCUT2D eigenvalue weighted by atomic mass is 19.3. The number of carbonyl (C=O) groups is 1. The van der Waals surface area contributed by atoms with E-state index >= 15 is 0 Å². The van der Waals surface area contributed by atoms with Gasteiger partial charge in [0.05, 0.1) is 11.6 Å². The van der Waals surface area contributed by atoms with Gasteiger partial charge < -0.3 is 0 Å². The van der Waals surface area contributed by atoms with Gasteiger partial charge in [0.25, 0.3) is 6.43 Å². The van der Waals surface area contributed by atoms with Gasteiger partial charge >= 0.3 is 0 Å². The molecule has 0 spiro atoms. The zero-order valence-electron chi connectivity index (χ0n) is 9.05. The monoisotopic (exact) mass is 223 g/mol. The minimum atomic E-state index is -2.81. The summed E-state index contributed by atoms with van der Waals surface area (Å²) < 4.78 is 25.7. The normalized spacial score (nSPS) is 10.2. The fourth-order valence-electron chi connectivity index (χ4n) is 1.62. The second kappa shape index (κ2) is 4.84.